The number of rotatable bonds is 6. The van der Waals surface area contributed by atoms with E-state index in [0.29, 0.717) is 6.54 Å². The van der Waals surface area contributed by atoms with Gasteiger partial charge in [0, 0.05) is 29.7 Å². The van der Waals surface area contributed by atoms with Gasteiger partial charge >= 0.3 is 12.1 Å². The first kappa shape index (κ1) is 27.1. The molecule has 0 unspecified atom stereocenters. The van der Waals surface area contributed by atoms with E-state index in [2.05, 4.69) is 20.0 Å². The number of sulfonamides is 1. The Morgan fingerprint density at radius 3 is 2.56 bits per heavy atom. The first-order chi connectivity index (χ1) is 16.9. The zero-order valence-electron chi connectivity index (χ0n) is 17.8. The number of anilines is 2. The molecule has 2 heterocycles. The fourth-order valence-corrected chi connectivity index (χ4v) is 4.79. The number of carboxylic acid groups (broad SMARTS) is 1. The van der Waals surface area contributed by atoms with E-state index >= 15 is 0 Å². The summed E-state index contributed by atoms with van der Waals surface area (Å²) in [5, 5.41) is 13.8. The number of carboxylic acids is 1. The quantitative estimate of drug-likeness (QED) is 0.264. The lowest BCUT2D eigenvalue weighted by molar-refractivity contribution is -0.192. The number of nitrogens with zero attached hydrogens (tertiary/aromatic N) is 2. The lowest BCUT2D eigenvalue weighted by Gasteiger charge is -2.13. The molecule has 0 radical (unpaired) electrons. The highest BCUT2D eigenvalue weighted by Gasteiger charge is 2.38. The van der Waals surface area contributed by atoms with Crippen LogP contribution in [0.4, 0.5) is 29.1 Å². The van der Waals surface area contributed by atoms with E-state index in [1.165, 1.54) is 22.2 Å². The molecule has 190 valence electrons. The van der Waals surface area contributed by atoms with Crippen LogP contribution in [0.3, 0.4) is 0 Å². The van der Waals surface area contributed by atoms with Gasteiger partial charge < -0.3 is 10.4 Å². The van der Waals surface area contributed by atoms with E-state index in [-0.39, 0.29) is 16.5 Å². The summed E-state index contributed by atoms with van der Waals surface area (Å²) in [6, 6.07) is 9.88. The van der Waals surface area contributed by atoms with Gasteiger partial charge in [0.05, 0.1) is 16.2 Å². The molecular formula is C21H15ClF4N4O4S2. The summed E-state index contributed by atoms with van der Waals surface area (Å²) < 4.78 is 73.4. The van der Waals surface area contributed by atoms with Crippen molar-refractivity contribution in [3.63, 3.8) is 0 Å². The van der Waals surface area contributed by atoms with E-state index in [9.17, 15) is 26.0 Å². The second-order valence-electron chi connectivity index (χ2n) is 6.91. The van der Waals surface area contributed by atoms with Crippen LogP contribution < -0.4 is 10.0 Å². The fourth-order valence-electron chi connectivity index (χ4n) is 2.85. The van der Waals surface area contributed by atoms with Crippen molar-refractivity contribution >= 4 is 61.2 Å². The molecule has 0 saturated heterocycles. The van der Waals surface area contributed by atoms with Gasteiger partial charge in [-0.3, -0.25) is 9.71 Å². The van der Waals surface area contributed by atoms with Crippen LogP contribution in [0, 0.1) is 5.82 Å². The number of aliphatic carboxylic acids is 1. The average molecular weight is 563 g/mol. The Balaban J connectivity index is 0.000000454. The zero-order chi connectivity index (χ0) is 26.5. The first-order valence-electron chi connectivity index (χ1n) is 9.64. The molecule has 8 nitrogen and oxygen atoms in total. The molecule has 2 aromatic heterocycles. The molecule has 0 aliphatic rings. The summed E-state index contributed by atoms with van der Waals surface area (Å²) in [6.07, 6.45) is -1.61. The minimum Gasteiger partial charge on any atom is -0.475 e. The van der Waals surface area contributed by atoms with Gasteiger partial charge in [0.2, 0.25) is 0 Å². The van der Waals surface area contributed by atoms with Crippen LogP contribution in [0.5, 0.6) is 0 Å². The Labute approximate surface area is 210 Å². The third-order valence-electron chi connectivity index (χ3n) is 4.47. The monoisotopic (exact) mass is 562 g/mol. The number of halogens is 5. The number of pyridine rings is 1. The molecule has 4 aromatic rings. The molecule has 0 atom stereocenters. The molecule has 4 rings (SSSR count). The van der Waals surface area contributed by atoms with E-state index < -0.39 is 32.9 Å². The molecule has 36 heavy (non-hydrogen) atoms. The number of hydrogen-bond acceptors (Lipinski definition) is 7. The largest absolute Gasteiger partial charge is 0.490 e. The Kier molecular flexibility index (Phi) is 8.32. The molecule has 2 aromatic carbocycles. The van der Waals surface area contributed by atoms with Crippen molar-refractivity contribution < 1.29 is 35.9 Å². The minimum absolute atomic E-state index is 0.0865. The molecule has 0 bridgehead atoms. The SMILES string of the molecule is O=C(O)C(F)(F)F.O=S(=O)(Nc1cscn1)c1cc(Cl)c(NCc2cccc3ccncc23)cc1F. The highest BCUT2D eigenvalue weighted by atomic mass is 35.5. The lowest BCUT2D eigenvalue weighted by atomic mass is 10.1. The minimum atomic E-state index is -5.08. The van der Waals surface area contributed by atoms with Crippen molar-refractivity contribution in [3.05, 3.63) is 76.1 Å². The van der Waals surface area contributed by atoms with Crippen molar-refractivity contribution in [3.8, 4) is 0 Å². The van der Waals surface area contributed by atoms with Crippen LogP contribution in [0.1, 0.15) is 5.56 Å². The van der Waals surface area contributed by atoms with Crippen LogP contribution in [0.25, 0.3) is 10.8 Å². The van der Waals surface area contributed by atoms with E-state index in [1.54, 1.807) is 12.4 Å². The molecule has 0 aliphatic heterocycles. The summed E-state index contributed by atoms with van der Waals surface area (Å²) in [7, 11) is -4.15. The van der Waals surface area contributed by atoms with Gasteiger partial charge in [0.25, 0.3) is 10.0 Å². The molecule has 15 heteroatoms. The number of nitrogens with one attached hydrogen (secondary N) is 2. The van der Waals surface area contributed by atoms with E-state index in [0.717, 1.165) is 28.5 Å². The molecule has 0 amide bonds. The van der Waals surface area contributed by atoms with Crippen molar-refractivity contribution in [2.75, 3.05) is 10.0 Å². The maximum atomic E-state index is 14.6. The van der Waals surface area contributed by atoms with Gasteiger partial charge in [-0.05, 0) is 29.1 Å². The second-order valence-corrected chi connectivity index (χ2v) is 9.69. The predicted molar refractivity (Wildman–Crippen MR) is 127 cm³/mol. The molecule has 3 N–H and O–H groups in total. The van der Waals surface area contributed by atoms with Crippen LogP contribution in [-0.4, -0.2) is 35.6 Å². The summed E-state index contributed by atoms with van der Waals surface area (Å²) in [5.41, 5.74) is 2.71. The standard InChI is InChI=1S/C19H14ClFN4O2S2.C2HF3O2/c20-15-6-18(29(26,27)25-19-10-28-11-24-19)16(21)7-17(15)23-8-13-3-1-2-12-4-5-22-9-14(12)13;3-2(4,5)1(6)7/h1-7,9-11,23,25H,8H2;(H,6,7). The van der Waals surface area contributed by atoms with Crippen molar-refractivity contribution in [2.24, 2.45) is 0 Å². The summed E-state index contributed by atoms with van der Waals surface area (Å²) in [6.45, 7) is 0.366. The molecule has 0 aliphatic carbocycles. The van der Waals surface area contributed by atoms with E-state index in [4.69, 9.17) is 21.5 Å². The van der Waals surface area contributed by atoms with Crippen LogP contribution in [0.15, 0.2) is 64.6 Å². The normalized spacial score (nSPS) is 11.5. The van der Waals surface area contributed by atoms with Crippen molar-refractivity contribution in [1.82, 2.24) is 9.97 Å². The fraction of sp³-hybridized carbons (Fsp3) is 0.0952. The Morgan fingerprint density at radius 1 is 1.19 bits per heavy atom. The molecule has 0 saturated carbocycles. The Bertz CT molecular complexity index is 1480. The van der Waals surface area contributed by atoms with E-state index in [1.807, 2.05) is 24.3 Å². The molecule has 0 fully saturated rings. The van der Waals surface area contributed by atoms with Crippen LogP contribution in [-0.2, 0) is 21.4 Å². The van der Waals surface area contributed by atoms with Crippen molar-refractivity contribution in [1.29, 1.82) is 0 Å². The van der Waals surface area contributed by atoms with Crippen molar-refractivity contribution in [2.45, 2.75) is 17.6 Å². The number of carbonyl (C=O) groups is 1. The number of benzene rings is 2. The van der Waals surface area contributed by atoms with Gasteiger partial charge in [0.1, 0.15) is 10.7 Å². The van der Waals surface area contributed by atoms with Gasteiger partial charge in [0.15, 0.2) is 5.82 Å². The maximum absolute atomic E-state index is 14.6. The molecular weight excluding hydrogens is 548 g/mol. The van der Waals surface area contributed by atoms with Crippen LogP contribution in [0.2, 0.25) is 5.02 Å². The third kappa shape index (κ3) is 6.80. The predicted octanol–water partition coefficient (Wildman–Crippen LogP) is 5.53. The number of thiazole rings is 1. The zero-order valence-corrected chi connectivity index (χ0v) is 20.1. The Morgan fingerprint density at radius 2 is 1.92 bits per heavy atom. The van der Waals surface area contributed by atoms with Gasteiger partial charge in [-0.15, -0.1) is 11.3 Å². The maximum Gasteiger partial charge on any atom is 0.490 e. The topological polar surface area (TPSA) is 121 Å². The van der Waals surface area contributed by atoms with Gasteiger partial charge in [-0.2, -0.15) is 13.2 Å². The smallest absolute Gasteiger partial charge is 0.475 e. The number of hydrogen-bond donors (Lipinski definition) is 3. The van der Waals surface area contributed by atoms with Gasteiger partial charge in [-0.25, -0.2) is 22.6 Å². The summed E-state index contributed by atoms with van der Waals surface area (Å²) in [4.78, 5) is 16.3. The first-order valence-corrected chi connectivity index (χ1v) is 12.4. The molecule has 0 spiro atoms. The second kappa shape index (κ2) is 11.1. The average Bonchev–Trinajstić information content (AvgIpc) is 3.31. The number of fused-ring (bicyclic) bond motifs is 1. The summed E-state index contributed by atoms with van der Waals surface area (Å²) in [5.74, 6) is -3.55. The Hall–Kier alpha value is -3.49. The lowest BCUT2D eigenvalue weighted by Crippen LogP contribution is -2.21. The highest BCUT2D eigenvalue weighted by molar-refractivity contribution is 7.92. The third-order valence-corrected chi connectivity index (χ3v) is 6.74. The number of aromatic nitrogens is 2. The summed E-state index contributed by atoms with van der Waals surface area (Å²) >= 11 is 7.44. The van der Waals surface area contributed by atoms with Gasteiger partial charge in [-0.1, -0.05) is 29.8 Å². The number of alkyl halides is 3. The highest BCUT2D eigenvalue weighted by Crippen LogP contribution is 2.30. The van der Waals surface area contributed by atoms with Crippen LogP contribution >= 0.6 is 22.9 Å².